The summed E-state index contributed by atoms with van der Waals surface area (Å²) in [4.78, 5) is 4.37. The van der Waals surface area contributed by atoms with Crippen LogP contribution < -0.4 is 0 Å². The van der Waals surface area contributed by atoms with Gasteiger partial charge in [-0.05, 0) is 23.8 Å². The molecule has 0 aliphatic heterocycles. The molecule has 3 rings (SSSR count). The molecule has 0 saturated carbocycles. The minimum absolute atomic E-state index is 0.125. The van der Waals surface area contributed by atoms with Gasteiger partial charge in [-0.3, -0.25) is 0 Å². The average molecular weight is 261 g/mol. The van der Waals surface area contributed by atoms with Gasteiger partial charge in [-0.25, -0.2) is 9.37 Å². The Hall–Kier alpha value is -1.87. The molecule has 0 radical (unpaired) electrons. The van der Waals surface area contributed by atoms with Crippen molar-refractivity contribution >= 4 is 22.6 Å². The molecule has 3 aromatic rings. The Kier molecular flexibility index (Phi) is 2.56. The molecule has 2 nitrogen and oxygen atoms in total. The fraction of sp³-hybridized carbons (Fsp3) is 0.0714. The molecule has 0 fully saturated rings. The van der Waals surface area contributed by atoms with E-state index >= 15 is 0 Å². The van der Waals surface area contributed by atoms with Crippen LogP contribution in [-0.4, -0.2) is 9.55 Å². The molecular formula is C14H10ClFN2. The van der Waals surface area contributed by atoms with Crippen LogP contribution in [0.1, 0.15) is 0 Å². The van der Waals surface area contributed by atoms with Crippen LogP contribution in [-0.2, 0) is 7.05 Å². The summed E-state index contributed by atoms with van der Waals surface area (Å²) in [7, 11) is 1.94. The molecule has 2 aromatic carbocycles. The van der Waals surface area contributed by atoms with Crippen molar-refractivity contribution in [2.24, 2.45) is 7.05 Å². The first-order valence-corrected chi connectivity index (χ1v) is 5.90. The highest BCUT2D eigenvalue weighted by Crippen LogP contribution is 2.29. The van der Waals surface area contributed by atoms with Gasteiger partial charge in [-0.1, -0.05) is 29.8 Å². The van der Waals surface area contributed by atoms with Crippen molar-refractivity contribution in [3.8, 4) is 11.1 Å². The van der Waals surface area contributed by atoms with Crippen molar-refractivity contribution in [3.63, 3.8) is 0 Å². The Balaban J connectivity index is 2.28. The molecule has 0 amide bonds. The van der Waals surface area contributed by atoms with E-state index in [9.17, 15) is 4.39 Å². The molecule has 1 heterocycles. The summed E-state index contributed by atoms with van der Waals surface area (Å²) < 4.78 is 15.1. The van der Waals surface area contributed by atoms with E-state index in [-0.39, 0.29) is 5.02 Å². The lowest BCUT2D eigenvalue weighted by molar-refractivity contribution is 0.628. The second kappa shape index (κ2) is 4.10. The van der Waals surface area contributed by atoms with Crippen LogP contribution in [0.5, 0.6) is 0 Å². The van der Waals surface area contributed by atoms with Crippen LogP contribution in [0.15, 0.2) is 42.7 Å². The summed E-state index contributed by atoms with van der Waals surface area (Å²) in [5, 5.41) is 0.125. The summed E-state index contributed by atoms with van der Waals surface area (Å²) in [5.41, 5.74) is 3.75. The van der Waals surface area contributed by atoms with Crippen LogP contribution in [0.25, 0.3) is 22.2 Å². The SMILES string of the molecule is Cn1cnc2c(-c3ccc(F)c(Cl)c3)cccc21. The van der Waals surface area contributed by atoms with Gasteiger partial charge in [0.1, 0.15) is 5.82 Å². The van der Waals surface area contributed by atoms with Crippen LogP contribution in [0.2, 0.25) is 5.02 Å². The quantitative estimate of drug-likeness (QED) is 0.646. The molecule has 0 atom stereocenters. The second-order valence-electron chi connectivity index (χ2n) is 4.16. The summed E-state index contributed by atoms with van der Waals surface area (Å²) in [6.07, 6.45) is 1.76. The van der Waals surface area contributed by atoms with Crippen LogP contribution in [0.3, 0.4) is 0 Å². The van der Waals surface area contributed by atoms with Gasteiger partial charge in [-0.15, -0.1) is 0 Å². The summed E-state index contributed by atoms with van der Waals surface area (Å²) in [5.74, 6) is -0.409. The largest absolute Gasteiger partial charge is 0.334 e. The maximum Gasteiger partial charge on any atom is 0.141 e. The lowest BCUT2D eigenvalue weighted by Gasteiger charge is -2.04. The Morgan fingerprint density at radius 2 is 2.06 bits per heavy atom. The maximum absolute atomic E-state index is 13.2. The van der Waals surface area contributed by atoms with Gasteiger partial charge in [0.15, 0.2) is 0 Å². The number of fused-ring (bicyclic) bond motifs is 1. The molecule has 0 N–H and O–H groups in total. The number of nitrogens with zero attached hydrogens (tertiary/aromatic N) is 2. The highest BCUT2D eigenvalue weighted by molar-refractivity contribution is 6.31. The van der Waals surface area contributed by atoms with Crippen molar-refractivity contribution in [2.45, 2.75) is 0 Å². The smallest absolute Gasteiger partial charge is 0.141 e. The minimum Gasteiger partial charge on any atom is -0.334 e. The van der Waals surface area contributed by atoms with Gasteiger partial charge in [-0.2, -0.15) is 0 Å². The molecule has 0 bridgehead atoms. The van der Waals surface area contributed by atoms with Crippen molar-refractivity contribution in [2.75, 3.05) is 0 Å². The minimum atomic E-state index is -0.409. The van der Waals surface area contributed by atoms with E-state index in [1.54, 1.807) is 18.5 Å². The van der Waals surface area contributed by atoms with E-state index in [0.29, 0.717) is 0 Å². The average Bonchev–Trinajstić information content (AvgIpc) is 2.75. The number of halogens is 2. The molecule has 1 aromatic heterocycles. The lowest BCUT2D eigenvalue weighted by atomic mass is 10.0. The van der Waals surface area contributed by atoms with Crippen molar-refractivity contribution in [1.29, 1.82) is 0 Å². The van der Waals surface area contributed by atoms with Gasteiger partial charge >= 0.3 is 0 Å². The Bertz CT molecular complexity index is 734. The third-order valence-corrected chi connectivity index (χ3v) is 3.28. The standard InChI is InChI=1S/C14H10ClFN2/c1-18-8-17-14-10(3-2-4-13(14)18)9-5-6-12(16)11(15)7-9/h2-8H,1H3. The second-order valence-corrected chi connectivity index (χ2v) is 4.56. The molecule has 90 valence electrons. The fourth-order valence-electron chi connectivity index (χ4n) is 2.05. The zero-order chi connectivity index (χ0) is 12.7. The number of aromatic nitrogens is 2. The monoisotopic (exact) mass is 260 g/mol. The molecule has 0 aliphatic rings. The van der Waals surface area contributed by atoms with Crippen LogP contribution in [0, 0.1) is 5.82 Å². The van der Waals surface area contributed by atoms with E-state index in [1.165, 1.54) is 6.07 Å². The van der Waals surface area contributed by atoms with Crippen LogP contribution in [0.4, 0.5) is 4.39 Å². The number of hydrogen-bond acceptors (Lipinski definition) is 1. The number of rotatable bonds is 1. The molecule has 0 saturated heterocycles. The fourth-order valence-corrected chi connectivity index (χ4v) is 2.24. The zero-order valence-electron chi connectivity index (χ0n) is 9.69. The van der Waals surface area contributed by atoms with Gasteiger partial charge in [0.25, 0.3) is 0 Å². The summed E-state index contributed by atoms with van der Waals surface area (Å²) in [6, 6.07) is 10.6. The molecule has 0 spiro atoms. The first-order chi connectivity index (χ1) is 8.66. The molecule has 18 heavy (non-hydrogen) atoms. The lowest BCUT2D eigenvalue weighted by Crippen LogP contribution is -1.85. The van der Waals surface area contributed by atoms with Gasteiger partial charge in [0, 0.05) is 12.6 Å². The number of imidazole rings is 1. The highest BCUT2D eigenvalue weighted by Gasteiger charge is 2.09. The summed E-state index contributed by atoms with van der Waals surface area (Å²) >= 11 is 5.82. The van der Waals surface area contributed by atoms with E-state index in [2.05, 4.69) is 4.98 Å². The normalized spacial score (nSPS) is 11.1. The van der Waals surface area contributed by atoms with Crippen molar-refractivity contribution in [1.82, 2.24) is 9.55 Å². The van der Waals surface area contributed by atoms with Gasteiger partial charge in [0.05, 0.1) is 22.4 Å². The molecule has 0 aliphatic carbocycles. The number of aryl methyl sites for hydroxylation is 1. The predicted molar refractivity (Wildman–Crippen MR) is 71.1 cm³/mol. The van der Waals surface area contributed by atoms with Gasteiger partial charge < -0.3 is 4.57 Å². The van der Waals surface area contributed by atoms with Gasteiger partial charge in [0.2, 0.25) is 0 Å². The zero-order valence-corrected chi connectivity index (χ0v) is 10.4. The Labute approximate surface area is 109 Å². The highest BCUT2D eigenvalue weighted by atomic mass is 35.5. The third-order valence-electron chi connectivity index (χ3n) is 2.99. The van der Waals surface area contributed by atoms with Crippen molar-refractivity contribution < 1.29 is 4.39 Å². The number of hydrogen-bond donors (Lipinski definition) is 0. The van der Waals surface area contributed by atoms with Crippen LogP contribution >= 0.6 is 11.6 Å². The topological polar surface area (TPSA) is 17.8 Å². The summed E-state index contributed by atoms with van der Waals surface area (Å²) in [6.45, 7) is 0. The molecule has 4 heteroatoms. The Morgan fingerprint density at radius 1 is 1.22 bits per heavy atom. The number of para-hydroxylation sites is 1. The number of benzene rings is 2. The maximum atomic E-state index is 13.2. The molecule has 0 unspecified atom stereocenters. The predicted octanol–water partition coefficient (Wildman–Crippen LogP) is 4.03. The van der Waals surface area contributed by atoms with E-state index in [1.807, 2.05) is 29.8 Å². The van der Waals surface area contributed by atoms with Crippen molar-refractivity contribution in [3.05, 3.63) is 53.6 Å². The van der Waals surface area contributed by atoms with E-state index < -0.39 is 5.82 Å². The third kappa shape index (κ3) is 1.68. The first-order valence-electron chi connectivity index (χ1n) is 5.52. The Morgan fingerprint density at radius 3 is 2.83 bits per heavy atom. The molecular weight excluding hydrogens is 251 g/mol. The first kappa shape index (κ1) is 11.2. The van der Waals surface area contributed by atoms with E-state index in [0.717, 1.165) is 22.2 Å². The van der Waals surface area contributed by atoms with E-state index in [4.69, 9.17) is 11.6 Å².